The normalized spacial score (nSPS) is 16.5. The van der Waals surface area contributed by atoms with E-state index in [4.69, 9.17) is 16.3 Å². The van der Waals surface area contributed by atoms with E-state index in [-0.39, 0.29) is 11.9 Å². The highest BCUT2D eigenvalue weighted by Crippen LogP contribution is 2.23. The van der Waals surface area contributed by atoms with Crippen LogP contribution >= 0.6 is 27.5 Å². The summed E-state index contributed by atoms with van der Waals surface area (Å²) in [5.41, 5.74) is 0.815. The molecule has 0 aromatic heterocycles. The van der Waals surface area contributed by atoms with Gasteiger partial charge in [-0.2, -0.15) is 0 Å². The number of halogens is 2. The van der Waals surface area contributed by atoms with E-state index in [1.165, 1.54) is 0 Å². The van der Waals surface area contributed by atoms with Gasteiger partial charge in [0.05, 0.1) is 11.1 Å². The Hall–Kier alpha value is -1.60. The first-order valence-electron chi connectivity index (χ1n) is 9.43. The minimum absolute atomic E-state index is 0.0258. The standard InChI is InChI=1S/C21H25BrClN3O2/c1-16(21(27)24-18-8-6-17(22)7-9-18)26-12-10-25(11-13-26)14-15-28-20-5-3-2-4-19(20)23/h2-9,16H,10-15H2,1H3,(H,24,27). The Labute approximate surface area is 179 Å². The van der Waals surface area contributed by atoms with Crippen molar-refractivity contribution >= 4 is 39.1 Å². The molecule has 0 bridgehead atoms. The molecule has 1 amide bonds. The number of amides is 1. The number of ether oxygens (including phenoxy) is 1. The van der Waals surface area contributed by atoms with Gasteiger partial charge in [-0.3, -0.25) is 14.6 Å². The molecule has 1 heterocycles. The molecule has 5 nitrogen and oxygen atoms in total. The highest BCUT2D eigenvalue weighted by Gasteiger charge is 2.25. The van der Waals surface area contributed by atoms with Gasteiger partial charge in [0.25, 0.3) is 0 Å². The smallest absolute Gasteiger partial charge is 0.241 e. The molecule has 28 heavy (non-hydrogen) atoms. The molecule has 1 aliphatic rings. The molecular weight excluding hydrogens is 442 g/mol. The lowest BCUT2D eigenvalue weighted by molar-refractivity contribution is -0.121. The van der Waals surface area contributed by atoms with Crippen molar-refractivity contribution in [2.24, 2.45) is 0 Å². The molecule has 0 aliphatic carbocycles. The van der Waals surface area contributed by atoms with Gasteiger partial charge in [-0.25, -0.2) is 0 Å². The highest BCUT2D eigenvalue weighted by molar-refractivity contribution is 9.10. The van der Waals surface area contributed by atoms with E-state index in [1.54, 1.807) is 0 Å². The largest absolute Gasteiger partial charge is 0.491 e. The van der Waals surface area contributed by atoms with Crippen molar-refractivity contribution in [1.29, 1.82) is 0 Å². The van der Waals surface area contributed by atoms with Crippen LogP contribution in [0.25, 0.3) is 0 Å². The van der Waals surface area contributed by atoms with Crippen LogP contribution in [0.5, 0.6) is 5.75 Å². The van der Waals surface area contributed by atoms with Gasteiger partial charge in [0, 0.05) is 42.9 Å². The fourth-order valence-corrected chi connectivity index (χ4v) is 3.62. The molecule has 1 aliphatic heterocycles. The van der Waals surface area contributed by atoms with Crippen molar-refractivity contribution in [3.63, 3.8) is 0 Å². The van der Waals surface area contributed by atoms with Crippen LogP contribution in [0.2, 0.25) is 5.02 Å². The lowest BCUT2D eigenvalue weighted by Crippen LogP contribution is -2.53. The number of rotatable bonds is 7. The second kappa shape index (κ2) is 10.3. The summed E-state index contributed by atoms with van der Waals surface area (Å²) in [6, 6.07) is 15.0. The van der Waals surface area contributed by atoms with Gasteiger partial charge in [-0.1, -0.05) is 39.7 Å². The maximum Gasteiger partial charge on any atom is 0.241 e. The molecule has 1 unspecified atom stereocenters. The molecule has 1 atom stereocenters. The third-order valence-corrected chi connectivity index (χ3v) is 5.79. The minimum atomic E-state index is -0.162. The molecule has 1 saturated heterocycles. The molecule has 2 aromatic carbocycles. The first-order chi connectivity index (χ1) is 13.5. The molecular formula is C21H25BrClN3O2. The van der Waals surface area contributed by atoms with E-state index in [0.29, 0.717) is 11.6 Å². The number of hydrogen-bond acceptors (Lipinski definition) is 4. The van der Waals surface area contributed by atoms with E-state index in [1.807, 2.05) is 55.5 Å². The van der Waals surface area contributed by atoms with Crippen molar-refractivity contribution in [3.05, 3.63) is 58.0 Å². The van der Waals surface area contributed by atoms with Gasteiger partial charge < -0.3 is 10.1 Å². The van der Waals surface area contributed by atoms with Crippen molar-refractivity contribution < 1.29 is 9.53 Å². The third kappa shape index (κ3) is 5.95. The molecule has 0 radical (unpaired) electrons. The van der Waals surface area contributed by atoms with Crippen molar-refractivity contribution in [2.45, 2.75) is 13.0 Å². The molecule has 0 spiro atoms. The van der Waals surface area contributed by atoms with Crippen LogP contribution in [0.1, 0.15) is 6.92 Å². The third-order valence-electron chi connectivity index (χ3n) is 4.95. The fraction of sp³-hybridized carbons (Fsp3) is 0.381. The van der Waals surface area contributed by atoms with Crippen molar-refractivity contribution in [1.82, 2.24) is 9.80 Å². The van der Waals surface area contributed by atoms with Gasteiger partial charge in [-0.05, 0) is 43.3 Å². The molecule has 2 aromatic rings. The minimum Gasteiger partial charge on any atom is -0.491 e. The number of nitrogens with one attached hydrogen (secondary N) is 1. The lowest BCUT2D eigenvalue weighted by atomic mass is 10.2. The van der Waals surface area contributed by atoms with Crippen LogP contribution in [-0.4, -0.2) is 61.1 Å². The molecule has 150 valence electrons. The zero-order chi connectivity index (χ0) is 19.9. The van der Waals surface area contributed by atoms with E-state index in [9.17, 15) is 4.79 Å². The van der Waals surface area contributed by atoms with Crippen LogP contribution in [0.3, 0.4) is 0 Å². The summed E-state index contributed by atoms with van der Waals surface area (Å²) in [7, 11) is 0. The molecule has 0 saturated carbocycles. The molecule has 7 heteroatoms. The summed E-state index contributed by atoms with van der Waals surface area (Å²) in [5.74, 6) is 0.749. The Balaban J connectivity index is 1.39. The Morgan fingerprint density at radius 3 is 2.50 bits per heavy atom. The van der Waals surface area contributed by atoms with E-state index >= 15 is 0 Å². The van der Waals surface area contributed by atoms with Crippen molar-refractivity contribution in [3.8, 4) is 5.75 Å². The Bertz CT molecular complexity index is 779. The number of piperazine rings is 1. The number of benzene rings is 2. The topological polar surface area (TPSA) is 44.8 Å². The Morgan fingerprint density at radius 1 is 1.14 bits per heavy atom. The first-order valence-corrected chi connectivity index (χ1v) is 10.6. The monoisotopic (exact) mass is 465 g/mol. The predicted octanol–water partition coefficient (Wildman–Crippen LogP) is 4.13. The number of carbonyl (C=O) groups is 1. The number of nitrogens with zero attached hydrogens (tertiary/aromatic N) is 2. The van der Waals surface area contributed by atoms with E-state index < -0.39 is 0 Å². The Kier molecular flexibility index (Phi) is 7.73. The van der Waals surface area contributed by atoms with Crippen LogP contribution in [-0.2, 0) is 4.79 Å². The number of carbonyl (C=O) groups excluding carboxylic acids is 1. The van der Waals surface area contributed by atoms with Crippen LogP contribution in [0.4, 0.5) is 5.69 Å². The zero-order valence-electron chi connectivity index (χ0n) is 15.9. The van der Waals surface area contributed by atoms with Gasteiger partial charge in [-0.15, -0.1) is 0 Å². The number of hydrogen-bond donors (Lipinski definition) is 1. The van der Waals surface area contributed by atoms with Crippen LogP contribution in [0, 0.1) is 0 Å². The summed E-state index contributed by atoms with van der Waals surface area (Å²) >= 11 is 9.51. The first kappa shape index (κ1) is 21.1. The second-order valence-corrected chi connectivity index (χ2v) is 8.15. The van der Waals surface area contributed by atoms with Gasteiger partial charge in [0.2, 0.25) is 5.91 Å². The quantitative estimate of drug-likeness (QED) is 0.666. The average molecular weight is 467 g/mol. The summed E-state index contributed by atoms with van der Waals surface area (Å²) in [6.07, 6.45) is 0. The summed E-state index contributed by atoms with van der Waals surface area (Å²) in [5, 5.41) is 3.62. The van der Waals surface area contributed by atoms with E-state index in [2.05, 4.69) is 31.0 Å². The maximum absolute atomic E-state index is 12.5. The van der Waals surface area contributed by atoms with Gasteiger partial charge in [0.15, 0.2) is 0 Å². The zero-order valence-corrected chi connectivity index (χ0v) is 18.2. The average Bonchev–Trinajstić information content (AvgIpc) is 2.71. The Morgan fingerprint density at radius 2 is 1.82 bits per heavy atom. The lowest BCUT2D eigenvalue weighted by Gasteiger charge is -2.37. The SMILES string of the molecule is CC(C(=O)Nc1ccc(Br)cc1)N1CCN(CCOc2ccccc2Cl)CC1. The highest BCUT2D eigenvalue weighted by atomic mass is 79.9. The maximum atomic E-state index is 12.5. The molecule has 3 rings (SSSR count). The fourth-order valence-electron chi connectivity index (χ4n) is 3.17. The summed E-state index contributed by atoms with van der Waals surface area (Å²) < 4.78 is 6.77. The summed E-state index contributed by atoms with van der Waals surface area (Å²) in [4.78, 5) is 17.1. The molecule has 1 N–H and O–H groups in total. The van der Waals surface area contributed by atoms with Crippen LogP contribution < -0.4 is 10.1 Å². The summed E-state index contributed by atoms with van der Waals surface area (Å²) in [6.45, 7) is 6.97. The van der Waals surface area contributed by atoms with E-state index in [0.717, 1.165) is 48.6 Å². The van der Waals surface area contributed by atoms with Gasteiger partial charge in [0.1, 0.15) is 12.4 Å². The number of anilines is 1. The van der Waals surface area contributed by atoms with Crippen LogP contribution in [0.15, 0.2) is 53.0 Å². The number of para-hydroxylation sites is 1. The molecule has 1 fully saturated rings. The van der Waals surface area contributed by atoms with Crippen molar-refractivity contribution in [2.75, 3.05) is 44.6 Å². The van der Waals surface area contributed by atoms with Gasteiger partial charge >= 0.3 is 0 Å². The second-order valence-electron chi connectivity index (χ2n) is 6.83. The predicted molar refractivity (Wildman–Crippen MR) is 117 cm³/mol.